The molecule has 1 saturated heterocycles. The number of hydrogen-bond donors (Lipinski definition) is 0. The third kappa shape index (κ3) is 3.76. The predicted octanol–water partition coefficient (Wildman–Crippen LogP) is 4.04. The van der Waals surface area contributed by atoms with Gasteiger partial charge < -0.3 is 0 Å². The molecule has 6 nitrogen and oxygen atoms in total. The molecular formula is C18H19FN2O4S. The van der Waals surface area contributed by atoms with Crippen molar-refractivity contribution < 1.29 is 17.7 Å². The summed E-state index contributed by atoms with van der Waals surface area (Å²) in [5.74, 6) is -0.417. The average molecular weight is 378 g/mol. The monoisotopic (exact) mass is 378 g/mol. The standard InChI is InChI=1S/C18H19FN2O4S/c19-15-7-4-6-14(12-15)18-10-2-1-3-11-20(18)26(24,25)17-9-5-8-16(13-17)21(22)23/h4-9,12-13,18H,1-3,10-11H2. The van der Waals surface area contributed by atoms with Crippen molar-refractivity contribution in [2.45, 2.75) is 36.6 Å². The Morgan fingerprint density at radius 1 is 1.08 bits per heavy atom. The molecule has 8 heteroatoms. The third-order valence-corrected chi connectivity index (χ3v) is 6.48. The molecule has 0 aliphatic carbocycles. The van der Waals surface area contributed by atoms with E-state index in [1.54, 1.807) is 12.1 Å². The fourth-order valence-electron chi connectivity index (χ4n) is 3.31. The van der Waals surface area contributed by atoms with Crippen molar-refractivity contribution in [2.75, 3.05) is 6.54 Å². The van der Waals surface area contributed by atoms with E-state index in [1.807, 2.05) is 0 Å². The number of nitrogens with zero attached hydrogens (tertiary/aromatic N) is 2. The number of benzene rings is 2. The van der Waals surface area contributed by atoms with Gasteiger partial charge in [-0.25, -0.2) is 12.8 Å². The van der Waals surface area contributed by atoms with Crippen LogP contribution in [0, 0.1) is 15.9 Å². The molecule has 1 aliphatic rings. The summed E-state index contributed by atoms with van der Waals surface area (Å²) >= 11 is 0. The van der Waals surface area contributed by atoms with Crippen LogP contribution in [0.3, 0.4) is 0 Å². The quantitative estimate of drug-likeness (QED) is 0.594. The van der Waals surface area contributed by atoms with Crippen LogP contribution in [0.2, 0.25) is 0 Å². The first-order chi connectivity index (χ1) is 12.4. The van der Waals surface area contributed by atoms with Gasteiger partial charge in [-0.05, 0) is 36.6 Å². The maximum atomic E-state index is 13.7. The van der Waals surface area contributed by atoms with E-state index < -0.39 is 26.8 Å². The largest absolute Gasteiger partial charge is 0.270 e. The van der Waals surface area contributed by atoms with Gasteiger partial charge in [0, 0.05) is 18.7 Å². The average Bonchev–Trinajstić information content (AvgIpc) is 2.88. The van der Waals surface area contributed by atoms with Gasteiger partial charge in [0.2, 0.25) is 10.0 Å². The Labute approximate surface area is 151 Å². The predicted molar refractivity (Wildman–Crippen MR) is 94.6 cm³/mol. The van der Waals surface area contributed by atoms with Crippen LogP contribution in [0.25, 0.3) is 0 Å². The second kappa shape index (κ2) is 7.51. The van der Waals surface area contributed by atoms with E-state index in [9.17, 15) is 22.9 Å². The fourth-order valence-corrected chi connectivity index (χ4v) is 5.03. The second-order valence-corrected chi connectivity index (χ2v) is 8.18. The van der Waals surface area contributed by atoms with Crippen LogP contribution < -0.4 is 0 Å². The zero-order valence-corrected chi connectivity index (χ0v) is 14.9. The van der Waals surface area contributed by atoms with Gasteiger partial charge in [0.15, 0.2) is 0 Å². The van der Waals surface area contributed by atoms with Crippen molar-refractivity contribution in [2.24, 2.45) is 0 Å². The minimum absolute atomic E-state index is 0.116. The van der Waals surface area contributed by atoms with Gasteiger partial charge in [-0.3, -0.25) is 10.1 Å². The molecule has 1 unspecified atom stereocenters. The molecule has 3 rings (SSSR count). The lowest BCUT2D eigenvalue weighted by molar-refractivity contribution is -0.385. The molecule has 2 aromatic rings. The van der Waals surface area contributed by atoms with Crippen LogP contribution in [0.1, 0.15) is 37.3 Å². The van der Waals surface area contributed by atoms with Gasteiger partial charge in [0.25, 0.3) is 5.69 Å². The van der Waals surface area contributed by atoms with Crippen LogP contribution in [-0.4, -0.2) is 24.2 Å². The van der Waals surface area contributed by atoms with Gasteiger partial charge in [-0.2, -0.15) is 4.31 Å². The van der Waals surface area contributed by atoms with Gasteiger partial charge in [-0.15, -0.1) is 0 Å². The molecular weight excluding hydrogens is 359 g/mol. The molecule has 26 heavy (non-hydrogen) atoms. The van der Waals surface area contributed by atoms with E-state index in [0.717, 1.165) is 18.9 Å². The Bertz CT molecular complexity index is 917. The highest BCUT2D eigenvalue weighted by Gasteiger charge is 2.34. The normalized spacial score (nSPS) is 19.0. The SMILES string of the molecule is O=[N+]([O-])c1cccc(S(=O)(=O)N2CCCCCC2c2cccc(F)c2)c1. The van der Waals surface area contributed by atoms with E-state index in [0.29, 0.717) is 24.9 Å². The Hall–Kier alpha value is -2.32. The van der Waals surface area contributed by atoms with Crippen molar-refractivity contribution in [1.82, 2.24) is 4.31 Å². The summed E-state index contributed by atoms with van der Waals surface area (Å²) in [5.41, 5.74) is 0.323. The Morgan fingerprint density at radius 2 is 1.85 bits per heavy atom. The van der Waals surface area contributed by atoms with E-state index in [1.165, 1.54) is 34.6 Å². The highest BCUT2D eigenvalue weighted by Crippen LogP contribution is 2.35. The molecule has 0 amide bonds. The maximum absolute atomic E-state index is 13.7. The minimum atomic E-state index is -3.95. The molecule has 0 radical (unpaired) electrons. The van der Waals surface area contributed by atoms with Gasteiger partial charge >= 0.3 is 0 Å². The van der Waals surface area contributed by atoms with Crippen LogP contribution in [0.5, 0.6) is 0 Å². The minimum Gasteiger partial charge on any atom is -0.258 e. The molecule has 1 fully saturated rings. The van der Waals surface area contributed by atoms with Crippen molar-refractivity contribution in [1.29, 1.82) is 0 Å². The number of rotatable bonds is 4. The zero-order chi connectivity index (χ0) is 18.7. The lowest BCUT2D eigenvalue weighted by atomic mass is 10.0. The first-order valence-electron chi connectivity index (χ1n) is 8.41. The Morgan fingerprint density at radius 3 is 2.58 bits per heavy atom. The van der Waals surface area contributed by atoms with Crippen molar-refractivity contribution >= 4 is 15.7 Å². The Kier molecular flexibility index (Phi) is 5.33. The topological polar surface area (TPSA) is 80.5 Å². The molecule has 1 heterocycles. The lowest BCUT2D eigenvalue weighted by Gasteiger charge is -2.29. The van der Waals surface area contributed by atoms with Crippen LogP contribution in [-0.2, 0) is 10.0 Å². The smallest absolute Gasteiger partial charge is 0.258 e. The number of nitro groups is 1. The van der Waals surface area contributed by atoms with Crippen molar-refractivity contribution in [3.05, 3.63) is 70.0 Å². The van der Waals surface area contributed by atoms with E-state index >= 15 is 0 Å². The molecule has 1 aliphatic heterocycles. The molecule has 0 aromatic heterocycles. The number of nitro benzene ring substituents is 1. The first kappa shape index (κ1) is 18.5. The number of halogens is 1. The molecule has 0 spiro atoms. The summed E-state index contributed by atoms with van der Waals surface area (Å²) in [7, 11) is -3.95. The summed E-state index contributed by atoms with van der Waals surface area (Å²) in [5, 5.41) is 11.0. The summed E-state index contributed by atoms with van der Waals surface area (Å²) in [6.45, 7) is 0.298. The number of non-ortho nitro benzene ring substituents is 1. The van der Waals surface area contributed by atoms with Crippen LogP contribution in [0.4, 0.5) is 10.1 Å². The van der Waals surface area contributed by atoms with Crippen LogP contribution >= 0.6 is 0 Å². The van der Waals surface area contributed by atoms with E-state index in [-0.39, 0.29) is 10.6 Å². The van der Waals surface area contributed by atoms with Gasteiger partial charge in [-0.1, -0.05) is 31.0 Å². The number of sulfonamides is 1. The van der Waals surface area contributed by atoms with E-state index in [4.69, 9.17) is 0 Å². The molecule has 1 atom stereocenters. The summed E-state index contributed by atoms with van der Waals surface area (Å²) < 4.78 is 41.4. The van der Waals surface area contributed by atoms with Crippen molar-refractivity contribution in [3.8, 4) is 0 Å². The summed E-state index contributed by atoms with van der Waals surface area (Å²) in [6, 6.07) is 10.5. The van der Waals surface area contributed by atoms with Gasteiger partial charge in [0.05, 0.1) is 15.9 Å². The molecule has 138 valence electrons. The molecule has 0 bridgehead atoms. The Balaban J connectivity index is 2.04. The third-order valence-electron chi connectivity index (χ3n) is 4.57. The van der Waals surface area contributed by atoms with Crippen LogP contribution in [0.15, 0.2) is 53.4 Å². The maximum Gasteiger partial charge on any atom is 0.270 e. The summed E-state index contributed by atoms with van der Waals surface area (Å²) in [4.78, 5) is 10.3. The first-order valence-corrected chi connectivity index (χ1v) is 9.85. The fraction of sp³-hybridized carbons (Fsp3) is 0.333. The lowest BCUT2D eigenvalue weighted by Crippen LogP contribution is -2.35. The molecule has 2 aromatic carbocycles. The highest BCUT2D eigenvalue weighted by molar-refractivity contribution is 7.89. The van der Waals surface area contributed by atoms with Gasteiger partial charge in [0.1, 0.15) is 5.82 Å². The molecule has 0 N–H and O–H groups in total. The van der Waals surface area contributed by atoms with Crippen molar-refractivity contribution in [3.63, 3.8) is 0 Å². The second-order valence-electron chi connectivity index (χ2n) is 6.29. The van der Waals surface area contributed by atoms with E-state index in [2.05, 4.69) is 0 Å². The highest BCUT2D eigenvalue weighted by atomic mass is 32.2. The zero-order valence-electron chi connectivity index (χ0n) is 14.0. The molecule has 0 saturated carbocycles. The number of hydrogen-bond acceptors (Lipinski definition) is 4. The summed E-state index contributed by atoms with van der Waals surface area (Å²) in [6.07, 6.45) is 2.99.